The Labute approximate surface area is 216 Å². The Balaban J connectivity index is 1.27. The Hall–Kier alpha value is -4.23. The minimum Gasteiger partial charge on any atom is -0.497 e. The number of hydrogen-bond acceptors (Lipinski definition) is 6. The molecular formula is C30H30N4O3. The van der Waals surface area contributed by atoms with Gasteiger partial charge in [-0.25, -0.2) is 0 Å². The summed E-state index contributed by atoms with van der Waals surface area (Å²) in [7, 11) is 1.70. The van der Waals surface area contributed by atoms with E-state index in [0.717, 1.165) is 36.6 Å². The van der Waals surface area contributed by atoms with E-state index < -0.39 is 0 Å². The van der Waals surface area contributed by atoms with Crippen LogP contribution in [-0.2, 0) is 0 Å². The molecule has 4 heterocycles. The number of rotatable bonds is 6. The largest absolute Gasteiger partial charge is 0.497 e. The van der Waals surface area contributed by atoms with Gasteiger partial charge in [0.05, 0.1) is 24.8 Å². The summed E-state index contributed by atoms with van der Waals surface area (Å²) < 4.78 is 10.8. The van der Waals surface area contributed by atoms with Gasteiger partial charge in [0, 0.05) is 44.5 Å². The highest BCUT2D eigenvalue weighted by atomic mass is 16.5. The molecule has 37 heavy (non-hydrogen) atoms. The van der Waals surface area contributed by atoms with Crippen LogP contribution in [0.4, 0.5) is 0 Å². The lowest BCUT2D eigenvalue weighted by Crippen LogP contribution is -2.49. The molecule has 7 heteroatoms. The van der Waals surface area contributed by atoms with Crippen molar-refractivity contribution in [3.63, 3.8) is 0 Å². The van der Waals surface area contributed by atoms with E-state index in [1.807, 2.05) is 23.1 Å². The van der Waals surface area contributed by atoms with Gasteiger partial charge in [-0.3, -0.25) is 9.69 Å². The number of allylic oxidation sites excluding steroid dienone is 2. The SMILES string of the molecule is COc1cccc(C2=C(CN3CCN(C(=O)c4ccco4)CC3)N3C=C(c4ccccc4)C=CC3N2)c1. The Morgan fingerprint density at radius 1 is 1.00 bits per heavy atom. The van der Waals surface area contributed by atoms with Crippen molar-refractivity contribution in [3.05, 3.63) is 114 Å². The Morgan fingerprint density at radius 2 is 1.81 bits per heavy atom. The van der Waals surface area contributed by atoms with E-state index in [2.05, 4.69) is 69.9 Å². The fraction of sp³-hybridized carbons (Fsp3) is 0.233. The molecule has 188 valence electrons. The number of methoxy groups -OCH3 is 1. The van der Waals surface area contributed by atoms with E-state index in [-0.39, 0.29) is 12.1 Å². The van der Waals surface area contributed by atoms with E-state index in [0.29, 0.717) is 18.8 Å². The molecule has 3 aromatic rings. The normalized spacial score (nSPS) is 19.5. The standard InChI is InChI=1S/C30H30N4O3/c1-36-25-10-5-9-23(19-25)29-26(21-32-14-16-33(17-15-32)30(35)27-11-6-18-37-27)34-20-24(12-13-28(34)31-29)22-7-3-2-4-8-22/h2-13,18-20,28,31H,14-17,21H2,1H3. The molecule has 1 N–H and O–H groups in total. The first kappa shape index (κ1) is 23.2. The maximum Gasteiger partial charge on any atom is 0.289 e. The van der Waals surface area contributed by atoms with Crippen LogP contribution in [0.25, 0.3) is 11.3 Å². The molecule has 0 radical (unpaired) electrons. The third-order valence-corrected chi connectivity index (χ3v) is 7.16. The second-order valence-electron chi connectivity index (χ2n) is 9.41. The molecule has 7 nitrogen and oxygen atoms in total. The van der Waals surface area contributed by atoms with Crippen molar-refractivity contribution in [2.45, 2.75) is 6.17 Å². The number of benzene rings is 2. The molecule has 1 unspecified atom stereocenters. The Morgan fingerprint density at radius 3 is 2.57 bits per heavy atom. The first-order valence-electron chi connectivity index (χ1n) is 12.6. The number of amides is 1. The van der Waals surface area contributed by atoms with Crippen LogP contribution in [0.2, 0.25) is 0 Å². The molecule has 3 aliphatic heterocycles. The van der Waals surface area contributed by atoms with Gasteiger partial charge in [-0.2, -0.15) is 0 Å². The average molecular weight is 495 g/mol. The van der Waals surface area contributed by atoms with Crippen molar-refractivity contribution < 1.29 is 13.9 Å². The fourth-order valence-electron chi connectivity index (χ4n) is 5.15. The summed E-state index contributed by atoms with van der Waals surface area (Å²) in [6.45, 7) is 3.70. The van der Waals surface area contributed by atoms with E-state index in [9.17, 15) is 4.79 Å². The summed E-state index contributed by atoms with van der Waals surface area (Å²) in [5, 5.41) is 3.73. The summed E-state index contributed by atoms with van der Waals surface area (Å²) in [5.41, 5.74) is 5.78. The number of ether oxygens (including phenoxy) is 1. The lowest BCUT2D eigenvalue weighted by Gasteiger charge is -2.36. The third kappa shape index (κ3) is 4.66. The van der Waals surface area contributed by atoms with E-state index in [4.69, 9.17) is 9.15 Å². The minimum atomic E-state index is -0.0415. The lowest BCUT2D eigenvalue weighted by atomic mass is 10.0. The highest BCUT2D eigenvalue weighted by molar-refractivity contribution is 5.91. The van der Waals surface area contributed by atoms with Gasteiger partial charge in [-0.15, -0.1) is 0 Å². The van der Waals surface area contributed by atoms with Crippen LogP contribution in [0, 0.1) is 0 Å². The van der Waals surface area contributed by atoms with Crippen LogP contribution in [0.15, 0.2) is 101 Å². The number of carbonyl (C=O) groups is 1. The predicted octanol–water partition coefficient (Wildman–Crippen LogP) is 4.26. The van der Waals surface area contributed by atoms with Crippen molar-refractivity contribution in [1.82, 2.24) is 20.0 Å². The highest BCUT2D eigenvalue weighted by Gasteiger charge is 2.33. The molecule has 3 aliphatic rings. The molecule has 0 bridgehead atoms. The van der Waals surface area contributed by atoms with Gasteiger partial charge in [0.15, 0.2) is 5.76 Å². The van der Waals surface area contributed by atoms with Gasteiger partial charge in [0.1, 0.15) is 11.9 Å². The lowest BCUT2D eigenvalue weighted by molar-refractivity contribution is 0.0611. The Kier molecular flexibility index (Phi) is 6.28. The van der Waals surface area contributed by atoms with Gasteiger partial charge in [-0.05, 0) is 41.5 Å². The number of nitrogens with zero attached hydrogens (tertiary/aromatic N) is 3. The first-order valence-corrected chi connectivity index (χ1v) is 12.6. The second kappa shape index (κ2) is 10.0. The summed E-state index contributed by atoms with van der Waals surface area (Å²) in [6.07, 6.45) is 8.24. The zero-order valence-electron chi connectivity index (χ0n) is 20.8. The minimum absolute atomic E-state index is 0.0415. The third-order valence-electron chi connectivity index (χ3n) is 7.16. The number of furan rings is 1. The second-order valence-corrected chi connectivity index (χ2v) is 9.41. The molecule has 0 spiro atoms. The van der Waals surface area contributed by atoms with Gasteiger partial charge in [0.25, 0.3) is 5.91 Å². The number of piperazine rings is 1. The number of hydrogen-bond donors (Lipinski definition) is 1. The summed E-state index contributed by atoms with van der Waals surface area (Å²) in [6, 6.07) is 22.1. The maximum atomic E-state index is 12.7. The van der Waals surface area contributed by atoms with E-state index in [1.54, 1.807) is 25.5 Å². The molecule has 6 rings (SSSR count). The van der Waals surface area contributed by atoms with E-state index in [1.165, 1.54) is 16.8 Å². The van der Waals surface area contributed by atoms with Gasteiger partial charge < -0.3 is 24.3 Å². The average Bonchev–Trinajstić information content (AvgIpc) is 3.62. The van der Waals surface area contributed by atoms with Crippen molar-refractivity contribution in [1.29, 1.82) is 0 Å². The van der Waals surface area contributed by atoms with Crippen LogP contribution < -0.4 is 10.1 Å². The molecule has 1 fully saturated rings. The van der Waals surface area contributed by atoms with Crippen molar-refractivity contribution in [2.24, 2.45) is 0 Å². The number of nitrogens with one attached hydrogen (secondary N) is 1. The molecule has 1 atom stereocenters. The molecule has 0 aliphatic carbocycles. The van der Waals surface area contributed by atoms with Gasteiger partial charge >= 0.3 is 0 Å². The zero-order valence-corrected chi connectivity index (χ0v) is 20.8. The summed E-state index contributed by atoms with van der Waals surface area (Å²) in [5.74, 6) is 1.19. The highest BCUT2D eigenvalue weighted by Crippen LogP contribution is 2.35. The molecule has 1 saturated heterocycles. The van der Waals surface area contributed by atoms with Crippen LogP contribution >= 0.6 is 0 Å². The van der Waals surface area contributed by atoms with Gasteiger partial charge in [0.2, 0.25) is 0 Å². The van der Waals surface area contributed by atoms with Crippen molar-refractivity contribution >= 4 is 17.2 Å². The number of carbonyl (C=O) groups excluding carboxylic acids is 1. The quantitative estimate of drug-likeness (QED) is 0.553. The molecule has 1 amide bonds. The summed E-state index contributed by atoms with van der Waals surface area (Å²) in [4.78, 5) is 19.4. The topological polar surface area (TPSA) is 61.2 Å². The Bertz CT molecular complexity index is 1350. The van der Waals surface area contributed by atoms with Crippen LogP contribution in [0.1, 0.15) is 21.7 Å². The first-order chi connectivity index (χ1) is 18.2. The van der Waals surface area contributed by atoms with Crippen molar-refractivity contribution in [2.75, 3.05) is 39.8 Å². The van der Waals surface area contributed by atoms with Crippen molar-refractivity contribution in [3.8, 4) is 5.75 Å². The number of fused-ring (bicyclic) bond motifs is 1. The molecular weight excluding hydrogens is 464 g/mol. The van der Waals surface area contributed by atoms with Crippen LogP contribution in [-0.4, -0.2) is 66.6 Å². The monoisotopic (exact) mass is 494 g/mol. The smallest absolute Gasteiger partial charge is 0.289 e. The zero-order chi connectivity index (χ0) is 25.2. The fourth-order valence-corrected chi connectivity index (χ4v) is 5.15. The van der Waals surface area contributed by atoms with E-state index >= 15 is 0 Å². The predicted molar refractivity (Wildman–Crippen MR) is 143 cm³/mol. The molecule has 1 aromatic heterocycles. The maximum absolute atomic E-state index is 12.7. The van der Waals surface area contributed by atoms with Gasteiger partial charge in [-0.1, -0.05) is 48.5 Å². The molecule has 0 saturated carbocycles. The molecule has 2 aromatic carbocycles. The van der Waals surface area contributed by atoms with Crippen LogP contribution in [0.5, 0.6) is 5.75 Å². The van der Waals surface area contributed by atoms with Crippen LogP contribution in [0.3, 0.4) is 0 Å². The summed E-state index contributed by atoms with van der Waals surface area (Å²) >= 11 is 0.